The third-order valence-corrected chi connectivity index (χ3v) is 4.32. The van der Waals surface area contributed by atoms with E-state index in [2.05, 4.69) is 16.2 Å². The first-order valence-electron chi connectivity index (χ1n) is 6.49. The minimum atomic E-state index is -3.19. The van der Waals surface area contributed by atoms with Crippen LogP contribution >= 0.6 is 0 Å². The van der Waals surface area contributed by atoms with Crippen LogP contribution in [-0.4, -0.2) is 24.1 Å². The van der Waals surface area contributed by atoms with Crippen molar-refractivity contribution >= 4 is 26.9 Å². The second-order valence-electron chi connectivity index (χ2n) is 4.84. The van der Waals surface area contributed by atoms with Crippen LogP contribution in [0.3, 0.4) is 0 Å². The highest BCUT2D eigenvalue weighted by atomic mass is 32.2. The SMILES string of the molecule is C#Cc1cn2cccc(Nc3ccc(S(C)(=O)=O)cc3)c2n1. The van der Waals surface area contributed by atoms with Gasteiger partial charge in [0.05, 0.1) is 10.6 Å². The molecule has 0 saturated heterocycles. The summed E-state index contributed by atoms with van der Waals surface area (Å²) in [5.74, 6) is 2.51. The van der Waals surface area contributed by atoms with E-state index < -0.39 is 9.84 Å². The molecule has 110 valence electrons. The van der Waals surface area contributed by atoms with Gasteiger partial charge in [0.15, 0.2) is 15.5 Å². The number of nitrogens with zero attached hydrogens (tertiary/aromatic N) is 2. The van der Waals surface area contributed by atoms with Gasteiger partial charge in [-0.3, -0.25) is 0 Å². The molecule has 2 heterocycles. The molecular formula is C16H13N3O2S. The molecule has 0 aliphatic carbocycles. The Kier molecular flexibility index (Phi) is 3.35. The normalized spacial score (nSPS) is 11.3. The van der Waals surface area contributed by atoms with Crippen LogP contribution in [-0.2, 0) is 9.84 Å². The standard InChI is InChI=1S/C16H13N3O2S/c1-3-12-11-19-10-4-5-15(16(19)18-12)17-13-6-8-14(9-7-13)22(2,20)21/h1,4-11,17H,2H3. The number of benzene rings is 1. The zero-order chi connectivity index (χ0) is 15.7. The van der Waals surface area contributed by atoms with E-state index >= 15 is 0 Å². The summed E-state index contributed by atoms with van der Waals surface area (Å²) in [7, 11) is -3.19. The fourth-order valence-corrected chi connectivity index (χ4v) is 2.75. The maximum Gasteiger partial charge on any atom is 0.175 e. The number of imidazole rings is 1. The van der Waals surface area contributed by atoms with Crippen LogP contribution in [0.5, 0.6) is 0 Å². The second-order valence-corrected chi connectivity index (χ2v) is 6.86. The Morgan fingerprint density at radius 3 is 2.59 bits per heavy atom. The van der Waals surface area contributed by atoms with E-state index in [1.807, 2.05) is 22.7 Å². The summed E-state index contributed by atoms with van der Waals surface area (Å²) in [6.45, 7) is 0. The van der Waals surface area contributed by atoms with Crippen molar-refractivity contribution in [1.29, 1.82) is 0 Å². The summed E-state index contributed by atoms with van der Waals surface area (Å²) in [5.41, 5.74) is 2.83. The Morgan fingerprint density at radius 1 is 1.23 bits per heavy atom. The van der Waals surface area contributed by atoms with Crippen LogP contribution in [0.4, 0.5) is 11.4 Å². The van der Waals surface area contributed by atoms with Crippen molar-refractivity contribution < 1.29 is 8.42 Å². The van der Waals surface area contributed by atoms with Gasteiger partial charge in [-0.25, -0.2) is 13.4 Å². The number of hydrogen-bond acceptors (Lipinski definition) is 4. The Morgan fingerprint density at radius 2 is 1.95 bits per heavy atom. The molecule has 0 fully saturated rings. The van der Waals surface area contributed by atoms with Crippen LogP contribution in [0.2, 0.25) is 0 Å². The second kappa shape index (κ2) is 5.20. The number of pyridine rings is 1. The molecular weight excluding hydrogens is 298 g/mol. The zero-order valence-corrected chi connectivity index (χ0v) is 12.6. The molecule has 2 aromatic heterocycles. The van der Waals surface area contributed by atoms with Gasteiger partial charge in [0, 0.05) is 24.3 Å². The Hall–Kier alpha value is -2.78. The molecule has 1 aromatic carbocycles. The van der Waals surface area contributed by atoms with E-state index in [1.54, 1.807) is 30.5 Å². The fraction of sp³-hybridized carbons (Fsp3) is 0.0625. The third kappa shape index (κ3) is 2.67. The van der Waals surface area contributed by atoms with Crippen molar-refractivity contribution in [2.24, 2.45) is 0 Å². The molecule has 0 unspecified atom stereocenters. The lowest BCUT2D eigenvalue weighted by molar-refractivity contribution is 0.602. The van der Waals surface area contributed by atoms with Crippen molar-refractivity contribution in [1.82, 2.24) is 9.38 Å². The summed E-state index contributed by atoms with van der Waals surface area (Å²) in [5, 5.41) is 3.22. The van der Waals surface area contributed by atoms with E-state index in [0.29, 0.717) is 11.3 Å². The summed E-state index contributed by atoms with van der Waals surface area (Å²) < 4.78 is 24.8. The number of hydrogen-bond donors (Lipinski definition) is 1. The smallest absolute Gasteiger partial charge is 0.175 e. The van der Waals surface area contributed by atoms with E-state index in [4.69, 9.17) is 6.42 Å². The lowest BCUT2D eigenvalue weighted by atomic mass is 10.3. The summed E-state index contributed by atoms with van der Waals surface area (Å²) in [6, 6.07) is 10.3. The predicted octanol–water partition coefficient (Wildman–Crippen LogP) is 2.46. The topological polar surface area (TPSA) is 63.5 Å². The number of nitrogens with one attached hydrogen (secondary N) is 1. The van der Waals surface area contributed by atoms with Gasteiger partial charge < -0.3 is 9.72 Å². The number of anilines is 2. The maximum atomic E-state index is 11.5. The molecule has 0 spiro atoms. The third-order valence-electron chi connectivity index (χ3n) is 3.19. The molecule has 0 amide bonds. The van der Waals surface area contributed by atoms with Crippen LogP contribution < -0.4 is 5.32 Å². The van der Waals surface area contributed by atoms with Gasteiger partial charge in [-0.15, -0.1) is 6.42 Å². The van der Waals surface area contributed by atoms with Crippen molar-refractivity contribution in [2.45, 2.75) is 4.90 Å². The van der Waals surface area contributed by atoms with Gasteiger partial charge in [-0.05, 0) is 42.3 Å². The summed E-state index contributed by atoms with van der Waals surface area (Å²) >= 11 is 0. The van der Waals surface area contributed by atoms with Crippen LogP contribution in [0.15, 0.2) is 53.7 Å². The van der Waals surface area contributed by atoms with Crippen molar-refractivity contribution in [3.8, 4) is 12.3 Å². The molecule has 0 aliphatic heterocycles. The minimum absolute atomic E-state index is 0.284. The molecule has 22 heavy (non-hydrogen) atoms. The van der Waals surface area contributed by atoms with Crippen LogP contribution in [0.1, 0.15) is 5.69 Å². The molecule has 0 aliphatic rings. The highest BCUT2D eigenvalue weighted by molar-refractivity contribution is 7.90. The quantitative estimate of drug-likeness (QED) is 0.755. The van der Waals surface area contributed by atoms with Gasteiger partial charge in [-0.2, -0.15) is 0 Å². The average molecular weight is 311 g/mol. The van der Waals surface area contributed by atoms with Gasteiger partial charge in [-0.1, -0.05) is 0 Å². The number of sulfone groups is 1. The first kappa shape index (κ1) is 14.2. The van der Waals surface area contributed by atoms with Crippen molar-refractivity contribution in [3.63, 3.8) is 0 Å². The van der Waals surface area contributed by atoms with E-state index in [-0.39, 0.29) is 4.90 Å². The Balaban J connectivity index is 1.96. The summed E-state index contributed by atoms with van der Waals surface area (Å²) in [6.07, 6.45) is 10.2. The van der Waals surface area contributed by atoms with Crippen LogP contribution in [0.25, 0.3) is 5.65 Å². The van der Waals surface area contributed by atoms with E-state index in [0.717, 1.165) is 11.4 Å². The average Bonchev–Trinajstić information content (AvgIpc) is 2.91. The van der Waals surface area contributed by atoms with Gasteiger partial charge in [0.2, 0.25) is 0 Å². The van der Waals surface area contributed by atoms with Crippen LogP contribution in [0, 0.1) is 12.3 Å². The maximum absolute atomic E-state index is 11.5. The predicted molar refractivity (Wildman–Crippen MR) is 86.0 cm³/mol. The number of rotatable bonds is 3. The lowest BCUT2D eigenvalue weighted by Gasteiger charge is -2.08. The molecule has 0 radical (unpaired) electrons. The molecule has 3 rings (SSSR count). The van der Waals surface area contributed by atoms with E-state index in [9.17, 15) is 8.42 Å². The molecule has 3 aromatic rings. The monoisotopic (exact) mass is 311 g/mol. The molecule has 0 bridgehead atoms. The molecule has 0 atom stereocenters. The fourth-order valence-electron chi connectivity index (χ4n) is 2.12. The highest BCUT2D eigenvalue weighted by Gasteiger charge is 2.08. The number of terminal acetylenes is 1. The first-order chi connectivity index (χ1) is 10.5. The van der Waals surface area contributed by atoms with Gasteiger partial charge in [0.25, 0.3) is 0 Å². The largest absolute Gasteiger partial charge is 0.352 e. The van der Waals surface area contributed by atoms with Crippen molar-refractivity contribution in [3.05, 3.63) is 54.5 Å². The summed E-state index contributed by atoms with van der Waals surface area (Å²) in [4.78, 5) is 4.64. The highest BCUT2D eigenvalue weighted by Crippen LogP contribution is 2.22. The van der Waals surface area contributed by atoms with Gasteiger partial charge in [0.1, 0.15) is 5.69 Å². The molecule has 0 saturated carbocycles. The number of fused-ring (bicyclic) bond motifs is 1. The Bertz CT molecular complexity index is 980. The first-order valence-corrected chi connectivity index (χ1v) is 8.38. The minimum Gasteiger partial charge on any atom is -0.352 e. The molecule has 1 N–H and O–H groups in total. The van der Waals surface area contributed by atoms with Crippen molar-refractivity contribution in [2.75, 3.05) is 11.6 Å². The lowest BCUT2D eigenvalue weighted by Crippen LogP contribution is -1.98. The van der Waals surface area contributed by atoms with E-state index in [1.165, 1.54) is 6.26 Å². The molecule has 6 heteroatoms. The zero-order valence-electron chi connectivity index (χ0n) is 11.8. The number of aromatic nitrogens is 2. The Labute approximate surface area is 128 Å². The van der Waals surface area contributed by atoms with Gasteiger partial charge >= 0.3 is 0 Å². The molecule has 5 nitrogen and oxygen atoms in total.